The number of benzene rings is 1. The average Bonchev–Trinajstić information content (AvgIpc) is 3.11. The largest absolute Gasteiger partial charge is 0.378 e. The van der Waals surface area contributed by atoms with E-state index in [1.165, 1.54) is 6.26 Å². The first kappa shape index (κ1) is 23.2. The van der Waals surface area contributed by atoms with Crippen LogP contribution in [0.3, 0.4) is 0 Å². The third-order valence-electron chi connectivity index (χ3n) is 5.16. The van der Waals surface area contributed by atoms with E-state index in [2.05, 4.69) is 20.3 Å². The number of nitrogens with zero attached hydrogens (tertiary/aromatic N) is 5. The van der Waals surface area contributed by atoms with E-state index in [1.54, 1.807) is 36.0 Å². The number of aryl methyl sites for hydroxylation is 2. The van der Waals surface area contributed by atoms with E-state index in [-0.39, 0.29) is 11.7 Å². The lowest BCUT2D eigenvalue weighted by atomic mass is 10.2. The van der Waals surface area contributed by atoms with Gasteiger partial charge in [0.2, 0.25) is 0 Å². The molecule has 0 radical (unpaired) electrons. The summed E-state index contributed by atoms with van der Waals surface area (Å²) in [7, 11) is -1.03. The van der Waals surface area contributed by atoms with Gasteiger partial charge in [-0.2, -0.15) is 15.7 Å². The maximum atomic E-state index is 12.5. The molecule has 33 heavy (non-hydrogen) atoms. The van der Waals surface area contributed by atoms with E-state index in [0.29, 0.717) is 49.2 Å². The van der Waals surface area contributed by atoms with Crippen LogP contribution >= 0.6 is 10.6 Å². The standard InChI is InChI=1S/C22H28N6O4S/c1-15-12-19(27(2)26-15)22(29)24-17-6-4-16(5-7-17)21-23-18(14-33(3,30)31)13-20(25-21)28-8-10-32-11-9-28/h4-7,12-13,30-31H,8-11,14H2,1-3H3,(H,24,29). The molecule has 1 fully saturated rings. The zero-order valence-electron chi connectivity index (χ0n) is 18.9. The lowest BCUT2D eigenvalue weighted by molar-refractivity contribution is 0.101. The van der Waals surface area contributed by atoms with E-state index in [1.807, 2.05) is 19.1 Å². The number of anilines is 2. The first-order valence-corrected chi connectivity index (χ1v) is 12.6. The van der Waals surface area contributed by atoms with E-state index in [0.717, 1.165) is 17.1 Å². The Bertz CT molecular complexity index is 1140. The number of nitrogens with one attached hydrogen (secondary N) is 1. The highest BCUT2D eigenvalue weighted by Crippen LogP contribution is 2.38. The molecular formula is C22H28N6O4S. The van der Waals surface area contributed by atoms with Gasteiger partial charge in [0.1, 0.15) is 11.5 Å². The minimum absolute atomic E-state index is 0.0537. The molecule has 4 rings (SSSR count). The van der Waals surface area contributed by atoms with Crippen molar-refractivity contribution in [2.45, 2.75) is 12.7 Å². The summed E-state index contributed by atoms with van der Waals surface area (Å²) in [5.74, 6) is 1.02. The molecule has 1 saturated heterocycles. The average molecular weight is 473 g/mol. The van der Waals surface area contributed by atoms with Crippen molar-refractivity contribution in [3.05, 3.63) is 53.5 Å². The third kappa shape index (κ3) is 5.88. The van der Waals surface area contributed by atoms with Crippen molar-refractivity contribution in [1.82, 2.24) is 19.7 Å². The number of hydrogen-bond donors (Lipinski definition) is 3. The van der Waals surface area contributed by atoms with Crippen LogP contribution in [0.1, 0.15) is 21.9 Å². The van der Waals surface area contributed by atoms with Gasteiger partial charge in [-0.3, -0.25) is 18.6 Å². The number of carbonyl (C=O) groups excluding carboxylic acids is 1. The summed E-state index contributed by atoms with van der Waals surface area (Å²) >= 11 is 0. The van der Waals surface area contributed by atoms with Crippen LogP contribution in [0.2, 0.25) is 0 Å². The molecule has 1 aliphatic rings. The first-order chi connectivity index (χ1) is 15.7. The highest BCUT2D eigenvalue weighted by molar-refractivity contribution is 8.23. The fraction of sp³-hybridized carbons (Fsp3) is 0.364. The Morgan fingerprint density at radius 3 is 2.45 bits per heavy atom. The normalized spacial score (nSPS) is 14.9. The fourth-order valence-corrected chi connectivity index (χ4v) is 4.35. The van der Waals surface area contributed by atoms with Crippen LogP contribution in [0.25, 0.3) is 11.4 Å². The summed E-state index contributed by atoms with van der Waals surface area (Å²) in [6.07, 6.45) is 1.41. The number of hydrogen-bond acceptors (Lipinski definition) is 8. The van der Waals surface area contributed by atoms with Crippen LogP contribution in [0.15, 0.2) is 36.4 Å². The molecule has 1 amide bonds. The van der Waals surface area contributed by atoms with Crippen LogP contribution in [0.4, 0.5) is 11.5 Å². The van der Waals surface area contributed by atoms with Gasteiger partial charge in [-0.15, -0.1) is 0 Å². The SMILES string of the molecule is Cc1cc(C(=O)Nc2ccc(-c3nc(CS(C)(O)O)cc(N4CCOCC4)n3)cc2)n(C)n1. The molecule has 176 valence electrons. The molecule has 0 saturated carbocycles. The molecule has 3 aromatic rings. The molecule has 0 unspecified atom stereocenters. The van der Waals surface area contributed by atoms with Crippen LogP contribution in [0, 0.1) is 6.92 Å². The van der Waals surface area contributed by atoms with Crippen molar-refractivity contribution >= 4 is 28.0 Å². The number of rotatable bonds is 6. The quantitative estimate of drug-likeness (QED) is 0.500. The second kappa shape index (κ2) is 9.48. The predicted molar refractivity (Wildman–Crippen MR) is 129 cm³/mol. The highest BCUT2D eigenvalue weighted by Gasteiger charge is 2.18. The molecule has 11 heteroatoms. The van der Waals surface area contributed by atoms with Crippen LogP contribution in [-0.2, 0) is 17.5 Å². The molecule has 0 aliphatic carbocycles. The summed E-state index contributed by atoms with van der Waals surface area (Å²) in [6, 6.07) is 10.8. The van der Waals surface area contributed by atoms with Crippen LogP contribution in [0.5, 0.6) is 0 Å². The van der Waals surface area contributed by atoms with Gasteiger partial charge in [0.05, 0.1) is 30.4 Å². The molecule has 1 aliphatic heterocycles. The summed E-state index contributed by atoms with van der Waals surface area (Å²) in [6.45, 7) is 4.47. The minimum atomic E-state index is -2.76. The Labute approximate surface area is 194 Å². The lowest BCUT2D eigenvalue weighted by Gasteiger charge is -2.30. The van der Waals surface area contributed by atoms with E-state index < -0.39 is 10.6 Å². The zero-order valence-corrected chi connectivity index (χ0v) is 19.7. The van der Waals surface area contributed by atoms with Crippen molar-refractivity contribution in [1.29, 1.82) is 0 Å². The molecule has 0 spiro atoms. The monoisotopic (exact) mass is 472 g/mol. The molecule has 10 nitrogen and oxygen atoms in total. The van der Waals surface area contributed by atoms with Crippen molar-refractivity contribution in [2.24, 2.45) is 7.05 Å². The van der Waals surface area contributed by atoms with Crippen LogP contribution < -0.4 is 10.2 Å². The maximum Gasteiger partial charge on any atom is 0.273 e. The number of morpholine rings is 1. The van der Waals surface area contributed by atoms with E-state index >= 15 is 0 Å². The number of aromatic nitrogens is 4. The van der Waals surface area contributed by atoms with E-state index in [9.17, 15) is 13.9 Å². The Morgan fingerprint density at radius 2 is 1.85 bits per heavy atom. The number of carbonyl (C=O) groups is 1. The van der Waals surface area contributed by atoms with E-state index in [4.69, 9.17) is 9.72 Å². The van der Waals surface area contributed by atoms with Gasteiger partial charge in [0.25, 0.3) is 5.91 Å². The highest BCUT2D eigenvalue weighted by atomic mass is 32.3. The van der Waals surface area contributed by atoms with Gasteiger partial charge in [-0.25, -0.2) is 9.97 Å². The van der Waals surface area contributed by atoms with Crippen molar-refractivity contribution < 1.29 is 18.6 Å². The van der Waals surface area contributed by atoms with Crippen molar-refractivity contribution in [3.63, 3.8) is 0 Å². The zero-order chi connectivity index (χ0) is 23.6. The molecule has 2 aromatic heterocycles. The maximum absolute atomic E-state index is 12.5. The van der Waals surface area contributed by atoms with Crippen LogP contribution in [-0.4, -0.2) is 67.3 Å². The smallest absolute Gasteiger partial charge is 0.273 e. The van der Waals surface area contributed by atoms with Gasteiger partial charge in [-0.05, 0) is 37.3 Å². The lowest BCUT2D eigenvalue weighted by Crippen LogP contribution is -2.37. The second-order valence-corrected chi connectivity index (χ2v) is 10.4. The predicted octanol–water partition coefficient (Wildman–Crippen LogP) is 3.15. The molecule has 3 heterocycles. The summed E-state index contributed by atoms with van der Waals surface area (Å²) in [4.78, 5) is 23.9. The Morgan fingerprint density at radius 1 is 1.15 bits per heavy atom. The molecular weight excluding hydrogens is 444 g/mol. The van der Waals surface area contributed by atoms with Crippen molar-refractivity contribution in [2.75, 3.05) is 42.8 Å². The topological polar surface area (TPSA) is 126 Å². The first-order valence-electron chi connectivity index (χ1n) is 10.5. The molecule has 0 bridgehead atoms. The van der Waals surface area contributed by atoms with Gasteiger partial charge in [-0.1, -0.05) is 0 Å². The molecule has 0 atom stereocenters. The Kier molecular flexibility index (Phi) is 6.66. The minimum Gasteiger partial charge on any atom is -0.378 e. The van der Waals surface area contributed by atoms with Gasteiger partial charge >= 0.3 is 0 Å². The summed E-state index contributed by atoms with van der Waals surface area (Å²) in [5, 5.41) is 7.07. The Balaban J connectivity index is 1.58. The van der Waals surface area contributed by atoms with Crippen molar-refractivity contribution in [3.8, 4) is 11.4 Å². The van der Waals surface area contributed by atoms with Gasteiger partial charge < -0.3 is 15.0 Å². The molecule has 3 N–H and O–H groups in total. The van der Waals surface area contributed by atoms with Gasteiger partial charge in [0.15, 0.2) is 5.82 Å². The second-order valence-electron chi connectivity index (χ2n) is 8.10. The van der Waals surface area contributed by atoms with Gasteiger partial charge in [0, 0.05) is 43.7 Å². The number of ether oxygens (including phenoxy) is 1. The third-order valence-corrected chi connectivity index (χ3v) is 6.00. The summed E-state index contributed by atoms with van der Waals surface area (Å²) < 4.78 is 26.9. The molecule has 1 aromatic carbocycles. The number of amides is 1. The summed E-state index contributed by atoms with van der Waals surface area (Å²) in [5.41, 5.74) is 3.20. The fourth-order valence-electron chi connectivity index (χ4n) is 3.64. The Hall–Kier alpha value is -2.99.